The topological polar surface area (TPSA) is 71.6 Å². The summed E-state index contributed by atoms with van der Waals surface area (Å²) in [6.45, 7) is 9.51. The largest absolute Gasteiger partial charge is 0.392 e. The summed E-state index contributed by atoms with van der Waals surface area (Å²) < 4.78 is 0. The van der Waals surface area contributed by atoms with Crippen LogP contribution in [0, 0.1) is 18.8 Å². The molecule has 3 atom stereocenters. The number of nitrogens with zero attached hydrogens (tertiary/aromatic N) is 2. The van der Waals surface area contributed by atoms with E-state index in [9.17, 15) is 9.90 Å². The molecule has 6 nitrogen and oxygen atoms in total. The first-order valence-electron chi connectivity index (χ1n) is 13.8. The van der Waals surface area contributed by atoms with Crippen molar-refractivity contribution in [1.29, 1.82) is 0 Å². The van der Waals surface area contributed by atoms with Gasteiger partial charge in [0.05, 0.1) is 11.1 Å². The van der Waals surface area contributed by atoms with E-state index in [-0.39, 0.29) is 23.3 Å². The average Bonchev–Trinajstić information content (AvgIpc) is 3.48. The number of aromatic nitrogens is 1. The Morgan fingerprint density at radius 1 is 1.16 bits per heavy atom. The maximum atomic E-state index is 13.2. The molecule has 0 radical (unpaired) electrons. The van der Waals surface area contributed by atoms with Gasteiger partial charge in [-0.1, -0.05) is 42.3 Å². The highest BCUT2D eigenvalue weighted by molar-refractivity contribution is 6.38. The van der Waals surface area contributed by atoms with Gasteiger partial charge in [0.1, 0.15) is 5.69 Å². The predicted molar refractivity (Wildman–Crippen MR) is 155 cm³/mol. The number of amides is 1. The molecule has 38 heavy (non-hydrogen) atoms. The first-order chi connectivity index (χ1) is 18.2. The Morgan fingerprint density at radius 2 is 1.95 bits per heavy atom. The highest BCUT2D eigenvalue weighted by Crippen LogP contribution is 2.47. The maximum Gasteiger partial charge on any atom is 0.270 e. The van der Waals surface area contributed by atoms with Crippen LogP contribution in [0.15, 0.2) is 36.4 Å². The molecule has 3 aliphatic rings. The fraction of sp³-hybridized carbons (Fsp3) is 0.500. The van der Waals surface area contributed by atoms with Gasteiger partial charge in [0.2, 0.25) is 0 Å². The number of anilines is 1. The maximum absolute atomic E-state index is 13.2. The summed E-state index contributed by atoms with van der Waals surface area (Å²) in [5.74, 6) is 0.689. The molecule has 1 aromatic heterocycles. The Labute approximate surface area is 234 Å². The summed E-state index contributed by atoms with van der Waals surface area (Å²) in [6, 6.07) is 12.1. The molecule has 3 aromatic rings. The summed E-state index contributed by atoms with van der Waals surface area (Å²) in [5.41, 5.74) is 5.54. The van der Waals surface area contributed by atoms with Crippen molar-refractivity contribution in [2.45, 2.75) is 44.6 Å². The van der Waals surface area contributed by atoms with Gasteiger partial charge >= 0.3 is 0 Å². The Bertz CT molecular complexity index is 1370. The second-order valence-electron chi connectivity index (χ2n) is 11.7. The molecule has 2 fully saturated rings. The third-order valence-electron chi connectivity index (χ3n) is 9.35. The van der Waals surface area contributed by atoms with Gasteiger partial charge in [0.15, 0.2) is 0 Å². The number of likely N-dealkylation sites (tertiary alicyclic amines) is 2. The van der Waals surface area contributed by atoms with Gasteiger partial charge in [0.25, 0.3) is 5.91 Å². The number of carbonyl (C=O) groups is 1. The summed E-state index contributed by atoms with van der Waals surface area (Å²) in [4.78, 5) is 20.7. The number of aliphatic hydroxyl groups is 1. The summed E-state index contributed by atoms with van der Waals surface area (Å²) >= 11 is 12.4. The number of fused-ring (bicyclic) bond motifs is 3. The molecular formula is C30H36Cl2N4O2. The molecule has 1 amide bonds. The van der Waals surface area contributed by atoms with Crippen LogP contribution in [0.5, 0.6) is 0 Å². The zero-order valence-corrected chi connectivity index (χ0v) is 23.6. The van der Waals surface area contributed by atoms with Crippen LogP contribution in [-0.2, 0) is 5.41 Å². The van der Waals surface area contributed by atoms with Gasteiger partial charge in [-0.2, -0.15) is 0 Å². The van der Waals surface area contributed by atoms with Gasteiger partial charge in [-0.3, -0.25) is 4.79 Å². The van der Waals surface area contributed by atoms with Crippen molar-refractivity contribution in [3.63, 3.8) is 0 Å². The molecular weight excluding hydrogens is 519 g/mol. The van der Waals surface area contributed by atoms with Crippen LogP contribution in [0.4, 0.5) is 5.69 Å². The van der Waals surface area contributed by atoms with Crippen molar-refractivity contribution < 1.29 is 9.90 Å². The van der Waals surface area contributed by atoms with Crippen LogP contribution in [-0.4, -0.2) is 71.2 Å². The van der Waals surface area contributed by atoms with E-state index in [1.807, 2.05) is 4.90 Å². The second kappa shape index (κ2) is 10.1. The molecule has 2 aromatic carbocycles. The van der Waals surface area contributed by atoms with Crippen molar-refractivity contribution >= 4 is 45.7 Å². The number of β-amino-alcohol motifs (C(OH)–C–C–N with tert-alkyl or cyclic N) is 1. The minimum atomic E-state index is -0.376. The number of hydrogen-bond acceptors (Lipinski definition) is 4. The van der Waals surface area contributed by atoms with Crippen LogP contribution in [0.2, 0.25) is 10.0 Å². The molecule has 4 heterocycles. The third kappa shape index (κ3) is 4.60. The fourth-order valence-electron chi connectivity index (χ4n) is 7.02. The van der Waals surface area contributed by atoms with Crippen molar-refractivity contribution in [2.24, 2.45) is 11.8 Å². The van der Waals surface area contributed by atoms with E-state index >= 15 is 0 Å². The lowest BCUT2D eigenvalue weighted by molar-refractivity contribution is 0.0110. The highest BCUT2D eigenvalue weighted by atomic mass is 35.5. The standard InChI is InChI=1S/C30H36Cl2N4O2/c1-18-3-4-23-26(11-18)33-17-30(23)7-10-35(15-19(30)2)16-28(37)20-5-8-36(9-6-20)29(38)27-14-22-24(32)12-21(31)13-25(22)34-27/h3-4,11-14,19-20,28,33-34,37H,5-10,15-17H2,1-2H3/t19-,28?,30?/m1/s1. The van der Waals surface area contributed by atoms with E-state index in [2.05, 4.69) is 47.2 Å². The van der Waals surface area contributed by atoms with Crippen LogP contribution in [0.1, 0.15) is 47.8 Å². The Hall–Kier alpha value is -2.25. The van der Waals surface area contributed by atoms with E-state index < -0.39 is 0 Å². The molecule has 3 N–H and O–H groups in total. The van der Waals surface area contributed by atoms with E-state index in [1.165, 1.54) is 16.8 Å². The lowest BCUT2D eigenvalue weighted by Gasteiger charge is -2.46. The quantitative estimate of drug-likeness (QED) is 0.386. The fourth-order valence-corrected chi connectivity index (χ4v) is 7.57. The number of nitrogens with one attached hydrogen (secondary N) is 2. The SMILES string of the molecule is Cc1ccc2c(c1)NCC21CCN(CC(O)C2CCN(C(=O)c3cc4c(Cl)cc(Cl)cc4[nH]3)CC2)C[C@H]1C. The third-order valence-corrected chi connectivity index (χ3v) is 9.89. The number of aromatic amines is 1. The number of carbonyl (C=O) groups excluding carboxylic acids is 1. The minimum absolute atomic E-state index is 0.0304. The number of aliphatic hydroxyl groups excluding tert-OH is 1. The van der Waals surface area contributed by atoms with Crippen LogP contribution < -0.4 is 5.32 Å². The summed E-state index contributed by atoms with van der Waals surface area (Å²) in [7, 11) is 0. The molecule has 6 rings (SSSR count). The van der Waals surface area contributed by atoms with Crippen molar-refractivity contribution in [2.75, 3.05) is 44.6 Å². The van der Waals surface area contributed by atoms with Crippen LogP contribution in [0.25, 0.3) is 10.9 Å². The Balaban J connectivity index is 1.03. The number of piperidine rings is 2. The Kier molecular flexibility index (Phi) is 6.88. The van der Waals surface area contributed by atoms with Gasteiger partial charge < -0.3 is 25.2 Å². The zero-order chi connectivity index (χ0) is 26.6. The van der Waals surface area contributed by atoms with Crippen molar-refractivity contribution in [3.8, 4) is 0 Å². The first-order valence-corrected chi connectivity index (χ1v) is 14.5. The van der Waals surface area contributed by atoms with Gasteiger partial charge in [-0.25, -0.2) is 0 Å². The normalized spacial score (nSPS) is 25.1. The van der Waals surface area contributed by atoms with E-state index in [1.54, 1.807) is 18.2 Å². The van der Waals surface area contributed by atoms with E-state index in [4.69, 9.17) is 23.2 Å². The first kappa shape index (κ1) is 26.0. The molecule has 1 spiro atoms. The van der Waals surface area contributed by atoms with Crippen LogP contribution in [0.3, 0.4) is 0 Å². The lowest BCUT2D eigenvalue weighted by Crippen LogP contribution is -2.52. The molecule has 0 bridgehead atoms. The van der Waals surface area contributed by atoms with Gasteiger partial charge in [-0.05, 0) is 80.0 Å². The van der Waals surface area contributed by atoms with E-state index in [0.717, 1.165) is 49.8 Å². The molecule has 202 valence electrons. The number of benzene rings is 2. The molecule has 8 heteroatoms. The number of aryl methyl sites for hydroxylation is 1. The van der Waals surface area contributed by atoms with Crippen molar-refractivity contribution in [3.05, 3.63) is 63.3 Å². The number of halogens is 2. The molecule has 0 aliphatic carbocycles. The average molecular weight is 556 g/mol. The molecule has 3 aliphatic heterocycles. The highest BCUT2D eigenvalue weighted by Gasteiger charge is 2.46. The monoisotopic (exact) mass is 554 g/mol. The number of rotatable bonds is 4. The molecule has 2 saturated heterocycles. The van der Waals surface area contributed by atoms with Gasteiger partial charge in [-0.15, -0.1) is 0 Å². The second-order valence-corrected chi connectivity index (χ2v) is 12.5. The summed E-state index contributed by atoms with van der Waals surface area (Å²) in [6.07, 6.45) is 2.35. The van der Waals surface area contributed by atoms with Crippen LogP contribution >= 0.6 is 23.2 Å². The lowest BCUT2D eigenvalue weighted by atomic mass is 9.67. The van der Waals surface area contributed by atoms with E-state index in [0.29, 0.717) is 41.3 Å². The predicted octanol–water partition coefficient (Wildman–Crippen LogP) is 5.70. The van der Waals surface area contributed by atoms with Gasteiger partial charge in [0, 0.05) is 59.8 Å². The zero-order valence-electron chi connectivity index (χ0n) is 22.1. The van der Waals surface area contributed by atoms with Crippen molar-refractivity contribution in [1.82, 2.24) is 14.8 Å². The molecule has 2 unspecified atom stereocenters. The minimum Gasteiger partial charge on any atom is -0.392 e. The Morgan fingerprint density at radius 3 is 2.71 bits per heavy atom. The summed E-state index contributed by atoms with van der Waals surface area (Å²) in [5, 5.41) is 16.7. The smallest absolute Gasteiger partial charge is 0.270 e. The molecule has 0 saturated carbocycles. The number of H-pyrrole nitrogens is 1. The number of hydrogen-bond donors (Lipinski definition) is 3.